The van der Waals surface area contributed by atoms with E-state index in [0.29, 0.717) is 37.0 Å². The van der Waals surface area contributed by atoms with Gasteiger partial charge < -0.3 is 15.0 Å². The molecule has 0 aliphatic heterocycles. The summed E-state index contributed by atoms with van der Waals surface area (Å²) in [6.07, 6.45) is 11.6. The molecule has 4 nitrogen and oxygen atoms in total. The molecule has 1 unspecified atom stereocenters. The van der Waals surface area contributed by atoms with E-state index in [1.807, 2.05) is 6.08 Å². The van der Waals surface area contributed by atoms with Crippen molar-refractivity contribution in [2.24, 2.45) is 28.6 Å². The molecular weight excluding hydrogens is 328 g/mol. The number of ketones is 1. The van der Waals surface area contributed by atoms with Crippen LogP contribution in [0.5, 0.6) is 0 Å². The Bertz CT molecular complexity index is 707. The number of hydrogen-bond acceptors (Lipinski definition) is 4. The summed E-state index contributed by atoms with van der Waals surface area (Å²) in [7, 11) is 0. The molecule has 4 aliphatic carbocycles. The lowest BCUT2D eigenvalue weighted by Gasteiger charge is -2.57. The molecular formula is C22H29O4-. The third-order valence-corrected chi connectivity index (χ3v) is 8.58. The minimum atomic E-state index is -1.08. The number of allylic oxidation sites excluding steroid dienone is 4. The quantitative estimate of drug-likeness (QED) is 0.842. The smallest absolute Gasteiger partial charge is 0.156 e. The third-order valence-electron chi connectivity index (χ3n) is 8.58. The molecule has 0 aromatic rings. The van der Waals surface area contributed by atoms with Gasteiger partial charge in [0.2, 0.25) is 0 Å². The van der Waals surface area contributed by atoms with Gasteiger partial charge in [-0.1, -0.05) is 26.0 Å². The summed E-state index contributed by atoms with van der Waals surface area (Å²) in [4.78, 5) is 22.8. The molecule has 1 N–H and O–H groups in total. The minimum Gasteiger partial charge on any atom is -0.550 e. The molecule has 2 fully saturated rings. The van der Waals surface area contributed by atoms with Crippen LogP contribution in [-0.2, 0) is 9.59 Å². The van der Waals surface area contributed by atoms with Gasteiger partial charge in [0.15, 0.2) is 5.78 Å². The Labute approximate surface area is 155 Å². The van der Waals surface area contributed by atoms with Gasteiger partial charge in [0.1, 0.15) is 0 Å². The number of aliphatic hydroxyl groups is 1. The summed E-state index contributed by atoms with van der Waals surface area (Å²) < 4.78 is 0. The van der Waals surface area contributed by atoms with Crippen molar-refractivity contribution in [3.8, 4) is 0 Å². The second-order valence-electron chi connectivity index (χ2n) is 9.53. The predicted molar refractivity (Wildman–Crippen MR) is 95.8 cm³/mol. The summed E-state index contributed by atoms with van der Waals surface area (Å²) in [6.45, 7) is 4.48. The maximum absolute atomic E-state index is 11.9. The van der Waals surface area contributed by atoms with E-state index in [0.717, 1.165) is 25.7 Å². The van der Waals surface area contributed by atoms with Crippen molar-refractivity contribution >= 4 is 11.8 Å². The Morgan fingerprint density at radius 3 is 2.69 bits per heavy atom. The van der Waals surface area contributed by atoms with Crippen molar-refractivity contribution in [1.29, 1.82) is 0 Å². The van der Waals surface area contributed by atoms with Crippen molar-refractivity contribution in [3.05, 3.63) is 23.8 Å². The highest BCUT2D eigenvalue weighted by Gasteiger charge is 2.62. The first kappa shape index (κ1) is 18.0. The number of aliphatic carboxylic acids is 1. The van der Waals surface area contributed by atoms with Gasteiger partial charge >= 0.3 is 0 Å². The van der Waals surface area contributed by atoms with Crippen LogP contribution < -0.4 is 5.11 Å². The third kappa shape index (κ3) is 2.37. The Morgan fingerprint density at radius 1 is 1.23 bits per heavy atom. The van der Waals surface area contributed by atoms with E-state index in [1.165, 1.54) is 5.57 Å². The summed E-state index contributed by atoms with van der Waals surface area (Å²) in [5, 5.41) is 22.3. The largest absolute Gasteiger partial charge is 0.550 e. The van der Waals surface area contributed by atoms with Gasteiger partial charge in [-0.15, -0.1) is 0 Å². The number of carbonyl (C=O) groups excluding carboxylic acids is 2. The zero-order chi connectivity index (χ0) is 18.7. The lowest BCUT2D eigenvalue weighted by Crippen LogP contribution is -2.54. The van der Waals surface area contributed by atoms with Gasteiger partial charge in [-0.2, -0.15) is 0 Å². The highest BCUT2D eigenvalue weighted by molar-refractivity contribution is 5.92. The maximum atomic E-state index is 11.9. The van der Waals surface area contributed by atoms with Crippen LogP contribution >= 0.6 is 0 Å². The van der Waals surface area contributed by atoms with Crippen LogP contribution in [0.3, 0.4) is 0 Å². The predicted octanol–water partition coefficient (Wildman–Crippen LogP) is 2.56. The molecule has 0 heterocycles. The van der Waals surface area contributed by atoms with Crippen molar-refractivity contribution < 1.29 is 19.8 Å². The summed E-state index contributed by atoms with van der Waals surface area (Å²) in [6, 6.07) is 0. The molecule has 4 aliphatic rings. The van der Waals surface area contributed by atoms with Crippen LogP contribution in [-0.4, -0.2) is 22.5 Å². The van der Waals surface area contributed by atoms with E-state index < -0.39 is 11.6 Å². The fourth-order valence-electron chi connectivity index (χ4n) is 6.83. The average molecular weight is 357 g/mol. The number of carbonyl (C=O) groups is 2. The molecule has 0 aromatic carbocycles. The first-order valence-corrected chi connectivity index (χ1v) is 10.1. The van der Waals surface area contributed by atoms with E-state index in [9.17, 15) is 19.8 Å². The Kier molecular flexibility index (Phi) is 4.00. The van der Waals surface area contributed by atoms with E-state index in [2.05, 4.69) is 26.0 Å². The molecule has 0 spiro atoms. The fourth-order valence-corrected chi connectivity index (χ4v) is 6.83. The molecule has 26 heavy (non-hydrogen) atoms. The van der Waals surface area contributed by atoms with Gasteiger partial charge in [-0.3, -0.25) is 4.79 Å². The van der Waals surface area contributed by atoms with Crippen molar-refractivity contribution in [1.82, 2.24) is 0 Å². The first-order chi connectivity index (χ1) is 12.2. The van der Waals surface area contributed by atoms with Gasteiger partial charge in [0, 0.05) is 12.4 Å². The number of hydrogen-bond donors (Lipinski definition) is 1. The molecule has 0 saturated heterocycles. The number of rotatable bonds is 3. The Balaban J connectivity index is 1.66. The number of carboxylic acids is 1. The molecule has 4 heteroatoms. The highest BCUT2D eigenvalue weighted by atomic mass is 16.4. The summed E-state index contributed by atoms with van der Waals surface area (Å²) in [5.74, 6) is 0.444. The molecule has 0 amide bonds. The average Bonchev–Trinajstić information content (AvgIpc) is 2.86. The van der Waals surface area contributed by atoms with Crippen LogP contribution in [0, 0.1) is 28.6 Å². The Morgan fingerprint density at radius 2 is 1.96 bits per heavy atom. The maximum Gasteiger partial charge on any atom is 0.156 e. The zero-order valence-corrected chi connectivity index (χ0v) is 15.8. The molecule has 0 aromatic heterocycles. The number of carboxylic acid groups (broad SMARTS) is 1. The summed E-state index contributed by atoms with van der Waals surface area (Å²) >= 11 is 0. The van der Waals surface area contributed by atoms with Gasteiger partial charge in [0.25, 0.3) is 0 Å². The topological polar surface area (TPSA) is 77.4 Å². The van der Waals surface area contributed by atoms with Crippen LogP contribution in [0.1, 0.15) is 65.2 Å². The van der Waals surface area contributed by atoms with Crippen molar-refractivity contribution in [3.63, 3.8) is 0 Å². The van der Waals surface area contributed by atoms with Crippen LogP contribution in [0.4, 0.5) is 0 Å². The molecule has 0 radical (unpaired) electrons. The van der Waals surface area contributed by atoms with Crippen molar-refractivity contribution in [2.75, 3.05) is 0 Å². The minimum absolute atomic E-state index is 0.0559. The van der Waals surface area contributed by atoms with Gasteiger partial charge in [-0.05, 0) is 85.2 Å². The molecule has 0 bridgehead atoms. The number of fused-ring (bicyclic) bond motifs is 5. The Hall–Kier alpha value is -1.42. The van der Waals surface area contributed by atoms with Crippen LogP contribution in [0.25, 0.3) is 0 Å². The first-order valence-electron chi connectivity index (χ1n) is 10.1. The van der Waals surface area contributed by atoms with Gasteiger partial charge in [-0.25, -0.2) is 0 Å². The van der Waals surface area contributed by atoms with Crippen LogP contribution in [0.15, 0.2) is 23.8 Å². The second kappa shape index (κ2) is 5.79. The zero-order valence-electron chi connectivity index (χ0n) is 15.8. The van der Waals surface area contributed by atoms with Gasteiger partial charge in [0.05, 0.1) is 5.60 Å². The van der Waals surface area contributed by atoms with Crippen molar-refractivity contribution in [2.45, 2.75) is 70.8 Å². The lowest BCUT2D eigenvalue weighted by atomic mass is 9.48. The fraction of sp³-hybridized carbons (Fsp3) is 0.727. The van der Waals surface area contributed by atoms with E-state index in [4.69, 9.17) is 0 Å². The SMILES string of the molecule is CC12CCC(=O)C=C1C=C[C@@H]1[C@@H]2CC[C@@]2(C)[C@H]1CC[C@@]2(O)CCC(=O)[O-]. The van der Waals surface area contributed by atoms with E-state index in [1.54, 1.807) is 0 Å². The standard InChI is InChI=1S/C22H30O4/c1-20-9-5-15(23)13-14(20)3-4-16-17(20)6-10-21(2)18(16)7-11-22(21,26)12-8-19(24)25/h3-4,13,16-18,26H,5-12H2,1-2H3,(H,24,25)/p-1/t16-,17+,18+,20?,21+,22-/m1/s1. The van der Waals surface area contributed by atoms with Crippen LogP contribution in [0.2, 0.25) is 0 Å². The molecule has 2 saturated carbocycles. The van der Waals surface area contributed by atoms with E-state index >= 15 is 0 Å². The summed E-state index contributed by atoms with van der Waals surface area (Å²) in [5.41, 5.74) is 0.0933. The lowest BCUT2D eigenvalue weighted by molar-refractivity contribution is -0.307. The molecule has 4 rings (SSSR count). The molecule has 6 atom stereocenters. The highest BCUT2D eigenvalue weighted by Crippen LogP contribution is 2.66. The normalized spacial score (nSPS) is 47.0. The molecule has 142 valence electrons. The monoisotopic (exact) mass is 357 g/mol. The van der Waals surface area contributed by atoms with E-state index in [-0.39, 0.29) is 23.0 Å². The second-order valence-corrected chi connectivity index (χ2v) is 9.53.